The number of aromatic nitrogens is 1. The van der Waals surface area contributed by atoms with Crippen LogP contribution in [-0.4, -0.2) is 24.0 Å². The van der Waals surface area contributed by atoms with Crippen molar-refractivity contribution in [3.8, 4) is 0 Å². The molecule has 0 aliphatic heterocycles. The number of pyridine rings is 1. The van der Waals surface area contributed by atoms with Gasteiger partial charge in [0.05, 0.1) is 23.9 Å². The maximum atomic E-state index is 12.6. The summed E-state index contributed by atoms with van der Waals surface area (Å²) in [5.74, 6) is -0.805. The summed E-state index contributed by atoms with van der Waals surface area (Å²) < 4.78 is 4.73. The Morgan fingerprint density at radius 2 is 1.74 bits per heavy atom. The minimum atomic E-state index is -0.500. The van der Waals surface area contributed by atoms with Crippen molar-refractivity contribution in [1.29, 1.82) is 0 Å². The predicted octanol–water partition coefficient (Wildman–Crippen LogP) is 3.27. The number of hydrogen-bond acceptors (Lipinski definition) is 4. The van der Waals surface area contributed by atoms with Crippen LogP contribution in [0.5, 0.6) is 0 Å². The molecule has 1 heterocycles. The SMILES string of the molecule is COC(=O)c1ccccc1NC(=O)c1cccc2ncccc12. The second kappa shape index (κ2) is 6.27. The molecule has 2 aromatic carbocycles. The van der Waals surface area contributed by atoms with Crippen LogP contribution in [0.1, 0.15) is 20.7 Å². The lowest BCUT2D eigenvalue weighted by molar-refractivity contribution is 0.0602. The Balaban J connectivity index is 1.98. The van der Waals surface area contributed by atoms with E-state index in [0.717, 1.165) is 10.9 Å². The van der Waals surface area contributed by atoms with E-state index in [1.54, 1.807) is 48.7 Å². The number of nitrogens with one attached hydrogen (secondary N) is 1. The molecule has 0 fully saturated rings. The molecular weight excluding hydrogens is 292 g/mol. The van der Waals surface area contributed by atoms with Gasteiger partial charge in [-0.1, -0.05) is 24.3 Å². The van der Waals surface area contributed by atoms with Gasteiger partial charge in [-0.25, -0.2) is 4.79 Å². The molecule has 0 aliphatic rings. The summed E-state index contributed by atoms with van der Waals surface area (Å²) in [7, 11) is 1.30. The molecular formula is C18H14N2O3. The first-order valence-corrected chi connectivity index (χ1v) is 7.03. The van der Waals surface area contributed by atoms with Crippen molar-refractivity contribution >= 4 is 28.5 Å². The summed E-state index contributed by atoms with van der Waals surface area (Å²) >= 11 is 0. The van der Waals surface area contributed by atoms with Crippen molar-refractivity contribution in [2.45, 2.75) is 0 Å². The van der Waals surface area contributed by atoms with Crippen LogP contribution in [0, 0.1) is 0 Å². The van der Waals surface area contributed by atoms with Crippen molar-refractivity contribution in [2.75, 3.05) is 12.4 Å². The highest BCUT2D eigenvalue weighted by atomic mass is 16.5. The van der Waals surface area contributed by atoms with E-state index in [1.165, 1.54) is 7.11 Å². The normalized spacial score (nSPS) is 10.3. The Morgan fingerprint density at radius 3 is 2.57 bits per heavy atom. The average Bonchev–Trinajstić information content (AvgIpc) is 2.61. The number of benzene rings is 2. The number of methoxy groups -OCH3 is 1. The number of hydrogen-bond donors (Lipinski definition) is 1. The van der Waals surface area contributed by atoms with E-state index in [9.17, 15) is 9.59 Å². The standard InChI is InChI=1S/C18H14N2O3/c1-23-18(22)14-6-2-3-9-16(14)20-17(21)13-7-4-10-15-12(13)8-5-11-19-15/h2-11H,1H3,(H,20,21). The lowest BCUT2D eigenvalue weighted by atomic mass is 10.1. The zero-order chi connectivity index (χ0) is 16.2. The fraction of sp³-hybridized carbons (Fsp3) is 0.0556. The first-order valence-electron chi connectivity index (χ1n) is 7.03. The molecule has 23 heavy (non-hydrogen) atoms. The van der Waals surface area contributed by atoms with Gasteiger partial charge < -0.3 is 10.1 Å². The number of ether oxygens (including phenoxy) is 1. The molecule has 0 aliphatic carbocycles. The summed E-state index contributed by atoms with van der Waals surface area (Å²) in [6.45, 7) is 0. The van der Waals surface area contributed by atoms with Crippen molar-refractivity contribution in [1.82, 2.24) is 4.98 Å². The summed E-state index contributed by atoms with van der Waals surface area (Å²) in [5, 5.41) is 3.52. The van der Waals surface area contributed by atoms with Crippen LogP contribution in [0.2, 0.25) is 0 Å². The van der Waals surface area contributed by atoms with Crippen LogP contribution in [0.4, 0.5) is 5.69 Å². The fourth-order valence-corrected chi connectivity index (χ4v) is 2.37. The lowest BCUT2D eigenvalue weighted by Gasteiger charge is -2.10. The molecule has 114 valence electrons. The Kier molecular flexibility index (Phi) is 4.01. The molecule has 1 amide bonds. The number of fused-ring (bicyclic) bond motifs is 1. The topological polar surface area (TPSA) is 68.3 Å². The zero-order valence-electron chi connectivity index (χ0n) is 12.4. The van der Waals surface area contributed by atoms with E-state index in [-0.39, 0.29) is 5.91 Å². The van der Waals surface area contributed by atoms with Gasteiger partial charge in [-0.05, 0) is 30.3 Å². The first kappa shape index (κ1) is 14.7. The van der Waals surface area contributed by atoms with Gasteiger partial charge >= 0.3 is 5.97 Å². The summed E-state index contributed by atoms with van der Waals surface area (Å²) in [4.78, 5) is 28.6. The largest absolute Gasteiger partial charge is 0.465 e. The third-order valence-electron chi connectivity index (χ3n) is 3.47. The van der Waals surface area contributed by atoms with E-state index in [4.69, 9.17) is 4.74 Å². The van der Waals surface area contributed by atoms with Gasteiger partial charge in [0, 0.05) is 17.1 Å². The van der Waals surface area contributed by atoms with Gasteiger partial charge in [0.25, 0.3) is 5.91 Å². The monoisotopic (exact) mass is 306 g/mol. The van der Waals surface area contributed by atoms with Gasteiger partial charge in [0.2, 0.25) is 0 Å². The average molecular weight is 306 g/mol. The smallest absolute Gasteiger partial charge is 0.339 e. The number of para-hydroxylation sites is 1. The molecule has 0 bridgehead atoms. The second-order valence-corrected chi connectivity index (χ2v) is 4.87. The van der Waals surface area contributed by atoms with Crippen LogP contribution < -0.4 is 5.32 Å². The minimum absolute atomic E-state index is 0.306. The van der Waals surface area contributed by atoms with Gasteiger partial charge in [-0.3, -0.25) is 9.78 Å². The van der Waals surface area contributed by atoms with Gasteiger partial charge in [-0.2, -0.15) is 0 Å². The van der Waals surface area contributed by atoms with Crippen LogP contribution in [0.15, 0.2) is 60.8 Å². The molecule has 0 radical (unpaired) electrons. The summed E-state index contributed by atoms with van der Waals surface area (Å²) in [5.41, 5.74) is 1.95. The maximum absolute atomic E-state index is 12.6. The number of esters is 1. The quantitative estimate of drug-likeness (QED) is 0.754. The predicted molar refractivity (Wildman–Crippen MR) is 87.5 cm³/mol. The molecule has 5 nitrogen and oxygen atoms in total. The highest BCUT2D eigenvalue weighted by molar-refractivity contribution is 6.14. The van der Waals surface area contributed by atoms with Gasteiger partial charge in [-0.15, -0.1) is 0 Å². The van der Waals surface area contributed by atoms with Crippen molar-refractivity contribution in [3.63, 3.8) is 0 Å². The van der Waals surface area contributed by atoms with E-state index < -0.39 is 5.97 Å². The van der Waals surface area contributed by atoms with Crippen LogP contribution in [0.3, 0.4) is 0 Å². The van der Waals surface area contributed by atoms with E-state index >= 15 is 0 Å². The Morgan fingerprint density at radius 1 is 0.957 bits per heavy atom. The number of anilines is 1. The molecule has 0 atom stereocenters. The van der Waals surface area contributed by atoms with E-state index in [1.807, 2.05) is 12.1 Å². The fourth-order valence-electron chi connectivity index (χ4n) is 2.37. The number of nitrogens with zero attached hydrogens (tertiary/aromatic N) is 1. The number of carbonyl (C=O) groups is 2. The molecule has 1 N–H and O–H groups in total. The maximum Gasteiger partial charge on any atom is 0.339 e. The summed E-state index contributed by atoms with van der Waals surface area (Å²) in [6, 6.07) is 15.7. The molecule has 3 rings (SSSR count). The van der Waals surface area contributed by atoms with Crippen LogP contribution in [-0.2, 0) is 4.74 Å². The van der Waals surface area contributed by atoms with E-state index in [2.05, 4.69) is 10.3 Å². The molecule has 1 aromatic heterocycles. The van der Waals surface area contributed by atoms with Gasteiger partial charge in [0.1, 0.15) is 0 Å². The second-order valence-electron chi connectivity index (χ2n) is 4.87. The van der Waals surface area contributed by atoms with Crippen LogP contribution in [0.25, 0.3) is 10.9 Å². The molecule has 0 saturated heterocycles. The highest BCUT2D eigenvalue weighted by Crippen LogP contribution is 2.20. The minimum Gasteiger partial charge on any atom is -0.465 e. The summed E-state index contributed by atoms with van der Waals surface area (Å²) in [6.07, 6.45) is 1.68. The third-order valence-corrected chi connectivity index (χ3v) is 3.47. The van der Waals surface area contributed by atoms with Crippen molar-refractivity contribution < 1.29 is 14.3 Å². The van der Waals surface area contributed by atoms with Gasteiger partial charge in [0.15, 0.2) is 0 Å². The number of amides is 1. The van der Waals surface area contributed by atoms with Crippen LogP contribution >= 0.6 is 0 Å². The Labute approximate surface area is 132 Å². The highest BCUT2D eigenvalue weighted by Gasteiger charge is 2.15. The molecule has 0 saturated carbocycles. The zero-order valence-corrected chi connectivity index (χ0v) is 12.4. The third kappa shape index (κ3) is 2.89. The lowest BCUT2D eigenvalue weighted by Crippen LogP contribution is -2.15. The molecule has 0 unspecified atom stereocenters. The Hall–Kier alpha value is -3.21. The molecule has 3 aromatic rings. The van der Waals surface area contributed by atoms with E-state index in [0.29, 0.717) is 16.8 Å². The number of carbonyl (C=O) groups excluding carboxylic acids is 2. The van der Waals surface area contributed by atoms with Crippen molar-refractivity contribution in [2.24, 2.45) is 0 Å². The Bertz CT molecular complexity index is 885. The van der Waals surface area contributed by atoms with Crippen molar-refractivity contribution in [3.05, 3.63) is 71.9 Å². The number of rotatable bonds is 3. The first-order chi connectivity index (χ1) is 11.2. The molecule has 0 spiro atoms. The molecule has 5 heteroatoms.